The molecule has 0 saturated carbocycles. The van der Waals surface area contributed by atoms with Crippen LogP contribution in [-0.2, 0) is 5.41 Å². The summed E-state index contributed by atoms with van der Waals surface area (Å²) in [5.41, 5.74) is 12.7. The predicted molar refractivity (Wildman–Crippen MR) is 215 cm³/mol. The van der Waals surface area contributed by atoms with E-state index in [9.17, 15) is 0 Å². The molecule has 10 aromatic rings. The summed E-state index contributed by atoms with van der Waals surface area (Å²) < 4.78 is 9.02. The second kappa shape index (κ2) is 11.1. The Hall–Kier alpha value is -6.85. The van der Waals surface area contributed by atoms with Gasteiger partial charge in [0.1, 0.15) is 11.2 Å². The van der Waals surface area contributed by atoms with Crippen LogP contribution in [0.15, 0.2) is 162 Å². The fourth-order valence-electron chi connectivity index (χ4n) is 8.58. The van der Waals surface area contributed by atoms with E-state index in [-0.39, 0.29) is 5.41 Å². The molecule has 0 spiro atoms. The molecule has 0 N–H and O–H groups in total. The van der Waals surface area contributed by atoms with Gasteiger partial charge in [-0.2, -0.15) is 0 Å². The van der Waals surface area contributed by atoms with E-state index in [4.69, 9.17) is 19.4 Å². The summed E-state index contributed by atoms with van der Waals surface area (Å²) in [6, 6.07) is 55.2. The van der Waals surface area contributed by atoms with Crippen LogP contribution >= 0.6 is 0 Å². The van der Waals surface area contributed by atoms with Gasteiger partial charge in [0.15, 0.2) is 17.5 Å². The molecular formula is C48H32N4O. The van der Waals surface area contributed by atoms with Crippen LogP contribution in [0.1, 0.15) is 25.0 Å². The smallest absolute Gasteiger partial charge is 0.164 e. The van der Waals surface area contributed by atoms with Gasteiger partial charge in [0.05, 0.1) is 16.4 Å². The van der Waals surface area contributed by atoms with Gasteiger partial charge in [-0.3, -0.25) is 0 Å². The minimum absolute atomic E-state index is 0.149. The van der Waals surface area contributed by atoms with Crippen LogP contribution < -0.4 is 0 Å². The standard InChI is InChI=1S/C48H32N4O/c1-48(2)37-21-11-9-18-32(37)33-25-24-30(28-38(33)48)46-49-45(29-14-5-3-6-15-29)50-47(51-46)36-20-13-23-40-42(36)43-41(53-40)27-26-35-34-19-10-12-22-39(34)52(44(35)43)31-16-7-4-8-17-31/h3-28H,1-2H3. The maximum absolute atomic E-state index is 6.66. The second-order valence-corrected chi connectivity index (χ2v) is 14.4. The van der Waals surface area contributed by atoms with Crippen molar-refractivity contribution in [2.45, 2.75) is 19.3 Å². The second-order valence-electron chi connectivity index (χ2n) is 14.4. The van der Waals surface area contributed by atoms with Crippen LogP contribution in [0.5, 0.6) is 0 Å². The number of aromatic nitrogens is 4. The monoisotopic (exact) mass is 680 g/mol. The number of nitrogens with zero attached hydrogens (tertiary/aromatic N) is 4. The molecule has 0 radical (unpaired) electrons. The van der Waals surface area contributed by atoms with Crippen LogP contribution in [0.3, 0.4) is 0 Å². The first kappa shape index (κ1) is 29.8. The number of furan rings is 1. The van der Waals surface area contributed by atoms with Gasteiger partial charge in [0.25, 0.3) is 0 Å². The lowest BCUT2D eigenvalue weighted by Gasteiger charge is -2.21. The average Bonchev–Trinajstić information content (AvgIpc) is 3.84. The van der Waals surface area contributed by atoms with Crippen molar-refractivity contribution in [3.63, 3.8) is 0 Å². The van der Waals surface area contributed by atoms with Crippen molar-refractivity contribution < 1.29 is 4.42 Å². The van der Waals surface area contributed by atoms with Gasteiger partial charge < -0.3 is 8.98 Å². The number of benzene rings is 7. The van der Waals surface area contributed by atoms with E-state index in [0.717, 1.165) is 60.7 Å². The van der Waals surface area contributed by atoms with Crippen LogP contribution in [0.25, 0.3) is 94.7 Å². The Bertz CT molecular complexity index is 3080. The summed E-state index contributed by atoms with van der Waals surface area (Å²) in [6.07, 6.45) is 0. The predicted octanol–water partition coefficient (Wildman–Crippen LogP) is 12.2. The minimum atomic E-state index is -0.149. The van der Waals surface area contributed by atoms with Gasteiger partial charge in [-0.15, -0.1) is 0 Å². The molecule has 11 rings (SSSR count). The topological polar surface area (TPSA) is 56.7 Å². The summed E-state index contributed by atoms with van der Waals surface area (Å²) in [6.45, 7) is 4.60. The molecule has 5 heteroatoms. The Morgan fingerprint density at radius 3 is 1.98 bits per heavy atom. The first-order chi connectivity index (χ1) is 26.0. The highest BCUT2D eigenvalue weighted by Gasteiger charge is 2.35. The number of para-hydroxylation sites is 2. The van der Waals surface area contributed by atoms with E-state index >= 15 is 0 Å². The zero-order valence-electron chi connectivity index (χ0n) is 29.2. The van der Waals surface area contributed by atoms with Crippen molar-refractivity contribution in [3.8, 4) is 51.0 Å². The van der Waals surface area contributed by atoms with Gasteiger partial charge >= 0.3 is 0 Å². The minimum Gasteiger partial charge on any atom is -0.456 e. The molecule has 53 heavy (non-hydrogen) atoms. The molecular weight excluding hydrogens is 649 g/mol. The molecule has 0 amide bonds. The fourth-order valence-corrected chi connectivity index (χ4v) is 8.58. The number of fused-ring (bicyclic) bond motifs is 10. The molecule has 0 bridgehead atoms. The van der Waals surface area contributed by atoms with Crippen molar-refractivity contribution in [2.24, 2.45) is 0 Å². The van der Waals surface area contributed by atoms with E-state index < -0.39 is 0 Å². The quantitative estimate of drug-likeness (QED) is 0.186. The largest absolute Gasteiger partial charge is 0.456 e. The van der Waals surface area contributed by atoms with Crippen molar-refractivity contribution in [3.05, 3.63) is 169 Å². The third kappa shape index (κ3) is 4.34. The Morgan fingerprint density at radius 2 is 1.13 bits per heavy atom. The summed E-state index contributed by atoms with van der Waals surface area (Å²) in [4.78, 5) is 15.6. The van der Waals surface area contributed by atoms with E-state index in [1.165, 1.54) is 27.6 Å². The average molecular weight is 681 g/mol. The van der Waals surface area contributed by atoms with Gasteiger partial charge in [-0.05, 0) is 64.7 Å². The number of hydrogen-bond donors (Lipinski definition) is 0. The van der Waals surface area contributed by atoms with E-state index in [0.29, 0.717) is 17.5 Å². The summed E-state index contributed by atoms with van der Waals surface area (Å²) in [5, 5.41) is 4.37. The molecule has 5 nitrogen and oxygen atoms in total. The van der Waals surface area contributed by atoms with E-state index in [1.807, 2.05) is 30.3 Å². The molecule has 0 atom stereocenters. The van der Waals surface area contributed by atoms with Crippen molar-refractivity contribution >= 4 is 43.7 Å². The third-order valence-corrected chi connectivity index (χ3v) is 11.1. The lowest BCUT2D eigenvalue weighted by Crippen LogP contribution is -2.15. The van der Waals surface area contributed by atoms with Crippen LogP contribution in [0.4, 0.5) is 0 Å². The summed E-state index contributed by atoms with van der Waals surface area (Å²) in [5.74, 6) is 1.86. The lowest BCUT2D eigenvalue weighted by atomic mass is 9.82. The van der Waals surface area contributed by atoms with Gasteiger partial charge in [-0.1, -0.05) is 129 Å². The third-order valence-electron chi connectivity index (χ3n) is 11.1. The molecule has 1 aliphatic rings. The summed E-state index contributed by atoms with van der Waals surface area (Å²) >= 11 is 0. The molecule has 0 fully saturated rings. The highest BCUT2D eigenvalue weighted by Crippen LogP contribution is 2.50. The van der Waals surface area contributed by atoms with Crippen molar-refractivity contribution in [2.75, 3.05) is 0 Å². The maximum Gasteiger partial charge on any atom is 0.164 e. The molecule has 1 aliphatic carbocycles. The van der Waals surface area contributed by atoms with Crippen LogP contribution in [0, 0.1) is 0 Å². The first-order valence-corrected chi connectivity index (χ1v) is 18.0. The Kier molecular flexibility index (Phi) is 6.23. The van der Waals surface area contributed by atoms with Gasteiger partial charge in [-0.25, -0.2) is 15.0 Å². The van der Waals surface area contributed by atoms with Crippen molar-refractivity contribution in [1.29, 1.82) is 0 Å². The Balaban J connectivity index is 1.20. The summed E-state index contributed by atoms with van der Waals surface area (Å²) in [7, 11) is 0. The SMILES string of the molecule is CC1(C)c2ccccc2-c2ccc(-c3nc(-c4ccccc4)nc(-c4cccc5oc6ccc7c8ccccc8n(-c8ccccc8)c7c6c45)n3)cc21. The lowest BCUT2D eigenvalue weighted by molar-refractivity contribution is 0.660. The normalized spacial score (nSPS) is 13.2. The number of rotatable bonds is 4. The Morgan fingerprint density at radius 1 is 0.472 bits per heavy atom. The van der Waals surface area contributed by atoms with Crippen LogP contribution in [0.2, 0.25) is 0 Å². The highest BCUT2D eigenvalue weighted by molar-refractivity contribution is 6.26. The fraction of sp³-hybridized carbons (Fsp3) is 0.0625. The van der Waals surface area contributed by atoms with E-state index in [1.54, 1.807) is 0 Å². The van der Waals surface area contributed by atoms with Gasteiger partial charge in [0, 0.05) is 44.0 Å². The zero-order chi connectivity index (χ0) is 35.3. The molecule has 7 aromatic carbocycles. The van der Waals surface area contributed by atoms with Crippen molar-refractivity contribution in [1.82, 2.24) is 19.5 Å². The number of hydrogen-bond acceptors (Lipinski definition) is 4. The molecule has 0 unspecified atom stereocenters. The molecule has 0 saturated heterocycles. The maximum atomic E-state index is 6.66. The molecule has 3 aromatic heterocycles. The molecule has 3 heterocycles. The molecule has 0 aliphatic heterocycles. The Labute approximate surface area is 305 Å². The highest BCUT2D eigenvalue weighted by atomic mass is 16.3. The molecule has 250 valence electrons. The van der Waals surface area contributed by atoms with E-state index in [2.05, 4.69) is 146 Å². The van der Waals surface area contributed by atoms with Crippen LogP contribution in [-0.4, -0.2) is 19.5 Å². The van der Waals surface area contributed by atoms with Gasteiger partial charge in [0.2, 0.25) is 0 Å². The zero-order valence-corrected chi connectivity index (χ0v) is 29.2. The first-order valence-electron chi connectivity index (χ1n) is 18.0.